The summed E-state index contributed by atoms with van der Waals surface area (Å²) in [5.41, 5.74) is 4.12. The number of fused-ring (bicyclic) bond motifs is 1. The summed E-state index contributed by atoms with van der Waals surface area (Å²) in [7, 11) is 1.74. The Morgan fingerprint density at radius 1 is 1.11 bits per heavy atom. The fourth-order valence-corrected chi connectivity index (χ4v) is 3.41. The van der Waals surface area contributed by atoms with Crippen LogP contribution in [0.15, 0.2) is 42.5 Å². The van der Waals surface area contributed by atoms with Gasteiger partial charge in [0.05, 0.1) is 11.4 Å². The van der Waals surface area contributed by atoms with Gasteiger partial charge in [-0.3, -0.25) is 4.79 Å². The first-order valence-electron chi connectivity index (χ1n) is 9.32. The smallest absolute Gasteiger partial charge is 0.280 e. The van der Waals surface area contributed by atoms with Crippen LogP contribution in [0.2, 0.25) is 0 Å². The molecule has 28 heavy (non-hydrogen) atoms. The van der Waals surface area contributed by atoms with E-state index in [0.717, 1.165) is 29.9 Å². The molecule has 1 amide bonds. The number of aromatic nitrogens is 3. The van der Waals surface area contributed by atoms with Crippen molar-refractivity contribution < 1.29 is 14.3 Å². The summed E-state index contributed by atoms with van der Waals surface area (Å²) in [5, 5.41) is 8.57. The maximum absolute atomic E-state index is 13.2. The number of aryl methyl sites for hydroxylation is 1. The second-order valence-electron chi connectivity index (χ2n) is 7.25. The molecule has 2 aliphatic rings. The molecular weight excluding hydrogens is 356 g/mol. The van der Waals surface area contributed by atoms with Gasteiger partial charge in [0.2, 0.25) is 6.79 Å². The average Bonchev–Trinajstić information content (AvgIpc) is 3.27. The summed E-state index contributed by atoms with van der Waals surface area (Å²) < 4.78 is 12.6. The van der Waals surface area contributed by atoms with E-state index >= 15 is 0 Å². The minimum atomic E-state index is -0.181. The molecular formula is C21H20N4O3. The van der Waals surface area contributed by atoms with Gasteiger partial charge in [-0.1, -0.05) is 22.9 Å². The van der Waals surface area contributed by atoms with E-state index in [-0.39, 0.29) is 12.7 Å². The van der Waals surface area contributed by atoms with Gasteiger partial charge in [0.15, 0.2) is 17.2 Å². The minimum absolute atomic E-state index is 0.181. The quantitative estimate of drug-likeness (QED) is 0.697. The van der Waals surface area contributed by atoms with Crippen LogP contribution >= 0.6 is 0 Å². The molecule has 2 heterocycles. The zero-order valence-electron chi connectivity index (χ0n) is 15.8. The molecule has 7 nitrogen and oxygen atoms in total. The Bertz CT molecular complexity index is 1050. The van der Waals surface area contributed by atoms with Crippen molar-refractivity contribution in [1.29, 1.82) is 0 Å². The number of ether oxygens (including phenoxy) is 2. The molecule has 142 valence electrons. The van der Waals surface area contributed by atoms with Crippen molar-refractivity contribution in [2.45, 2.75) is 25.7 Å². The molecule has 1 aromatic heterocycles. The standard InChI is InChI=1S/C21H20N4O3/c1-13-3-7-15(8-4-13)25-20(14-5-6-14)19(22-23-25)21(26)24(2)16-9-10-17-18(11-16)28-12-27-17/h3-4,7-11,14H,5-6,12H2,1-2H3. The summed E-state index contributed by atoms with van der Waals surface area (Å²) >= 11 is 0. The Labute approximate surface area is 162 Å². The molecule has 1 fully saturated rings. The lowest BCUT2D eigenvalue weighted by atomic mass is 10.1. The predicted molar refractivity (Wildman–Crippen MR) is 103 cm³/mol. The van der Waals surface area contributed by atoms with Gasteiger partial charge < -0.3 is 14.4 Å². The first-order chi connectivity index (χ1) is 13.6. The van der Waals surface area contributed by atoms with Crippen LogP contribution in [0.25, 0.3) is 5.69 Å². The molecule has 0 radical (unpaired) electrons. The monoisotopic (exact) mass is 376 g/mol. The van der Waals surface area contributed by atoms with Crippen molar-refractivity contribution in [3.63, 3.8) is 0 Å². The topological polar surface area (TPSA) is 69.5 Å². The van der Waals surface area contributed by atoms with E-state index in [9.17, 15) is 4.79 Å². The Morgan fingerprint density at radius 3 is 2.61 bits per heavy atom. The van der Waals surface area contributed by atoms with Gasteiger partial charge in [0.25, 0.3) is 5.91 Å². The second kappa shape index (κ2) is 6.37. The molecule has 1 aliphatic heterocycles. The van der Waals surface area contributed by atoms with Crippen molar-refractivity contribution in [3.8, 4) is 17.2 Å². The number of carbonyl (C=O) groups excluding carboxylic acids is 1. The number of carbonyl (C=O) groups is 1. The summed E-state index contributed by atoms with van der Waals surface area (Å²) in [4.78, 5) is 14.8. The molecule has 0 spiro atoms. The highest BCUT2D eigenvalue weighted by Crippen LogP contribution is 2.42. The van der Waals surface area contributed by atoms with Crippen LogP contribution in [-0.4, -0.2) is 34.7 Å². The predicted octanol–water partition coefficient (Wildman–Crippen LogP) is 3.46. The number of anilines is 1. The first-order valence-corrected chi connectivity index (χ1v) is 9.32. The Balaban J connectivity index is 1.50. The van der Waals surface area contributed by atoms with Crippen LogP contribution in [0.1, 0.15) is 40.5 Å². The van der Waals surface area contributed by atoms with E-state index in [0.29, 0.717) is 23.1 Å². The molecule has 0 atom stereocenters. The summed E-state index contributed by atoms with van der Waals surface area (Å²) in [6, 6.07) is 13.5. The van der Waals surface area contributed by atoms with Gasteiger partial charge in [-0.15, -0.1) is 5.10 Å². The summed E-state index contributed by atoms with van der Waals surface area (Å²) in [5.74, 6) is 1.47. The lowest BCUT2D eigenvalue weighted by molar-refractivity contribution is 0.0987. The van der Waals surface area contributed by atoms with Gasteiger partial charge in [0, 0.05) is 24.7 Å². The third-order valence-electron chi connectivity index (χ3n) is 5.20. The number of rotatable bonds is 4. The Hall–Kier alpha value is -3.35. The first kappa shape index (κ1) is 16.8. The Kier molecular flexibility index (Phi) is 3.82. The lowest BCUT2D eigenvalue weighted by Crippen LogP contribution is -2.27. The van der Waals surface area contributed by atoms with Gasteiger partial charge in [-0.25, -0.2) is 4.68 Å². The average molecular weight is 376 g/mol. The number of nitrogens with zero attached hydrogens (tertiary/aromatic N) is 4. The molecule has 5 rings (SSSR count). The molecule has 2 aromatic carbocycles. The van der Waals surface area contributed by atoms with Gasteiger partial charge in [0.1, 0.15) is 0 Å². The second-order valence-corrected chi connectivity index (χ2v) is 7.25. The third kappa shape index (κ3) is 2.79. The van der Waals surface area contributed by atoms with E-state index in [2.05, 4.69) is 10.3 Å². The third-order valence-corrected chi connectivity index (χ3v) is 5.20. The SMILES string of the molecule is Cc1ccc(-n2nnc(C(=O)N(C)c3ccc4c(c3)OCO4)c2C2CC2)cc1. The molecule has 0 bridgehead atoms. The highest BCUT2D eigenvalue weighted by atomic mass is 16.7. The van der Waals surface area contributed by atoms with Crippen molar-refractivity contribution in [2.24, 2.45) is 0 Å². The zero-order chi connectivity index (χ0) is 19.3. The summed E-state index contributed by atoms with van der Waals surface area (Å²) in [6.45, 7) is 2.25. The highest BCUT2D eigenvalue weighted by Gasteiger charge is 2.35. The summed E-state index contributed by atoms with van der Waals surface area (Å²) in [6.07, 6.45) is 2.10. The maximum Gasteiger partial charge on any atom is 0.280 e. The van der Waals surface area contributed by atoms with E-state index in [4.69, 9.17) is 9.47 Å². The van der Waals surface area contributed by atoms with Crippen molar-refractivity contribution in [2.75, 3.05) is 18.7 Å². The highest BCUT2D eigenvalue weighted by molar-refractivity contribution is 6.05. The molecule has 1 aliphatic carbocycles. The van der Waals surface area contributed by atoms with Crippen molar-refractivity contribution in [3.05, 3.63) is 59.4 Å². The number of hydrogen-bond acceptors (Lipinski definition) is 5. The number of benzene rings is 2. The largest absolute Gasteiger partial charge is 0.454 e. The maximum atomic E-state index is 13.2. The van der Waals surface area contributed by atoms with Crippen LogP contribution < -0.4 is 14.4 Å². The van der Waals surface area contributed by atoms with E-state index < -0.39 is 0 Å². The normalized spacial score (nSPS) is 14.9. The van der Waals surface area contributed by atoms with E-state index in [1.807, 2.05) is 43.3 Å². The van der Waals surface area contributed by atoms with Crippen LogP contribution in [0.4, 0.5) is 5.69 Å². The number of amides is 1. The van der Waals surface area contributed by atoms with E-state index in [1.54, 1.807) is 22.7 Å². The fraction of sp³-hybridized carbons (Fsp3) is 0.286. The minimum Gasteiger partial charge on any atom is -0.454 e. The van der Waals surface area contributed by atoms with Crippen LogP contribution in [-0.2, 0) is 0 Å². The molecule has 7 heteroatoms. The number of hydrogen-bond donors (Lipinski definition) is 0. The fourth-order valence-electron chi connectivity index (χ4n) is 3.41. The van der Waals surface area contributed by atoms with E-state index in [1.165, 1.54) is 5.56 Å². The van der Waals surface area contributed by atoms with Crippen LogP contribution in [0.3, 0.4) is 0 Å². The van der Waals surface area contributed by atoms with Crippen molar-refractivity contribution in [1.82, 2.24) is 15.0 Å². The molecule has 3 aromatic rings. The Morgan fingerprint density at radius 2 is 1.86 bits per heavy atom. The van der Waals surface area contributed by atoms with Gasteiger partial charge >= 0.3 is 0 Å². The molecule has 0 unspecified atom stereocenters. The van der Waals surface area contributed by atoms with Crippen LogP contribution in [0, 0.1) is 6.92 Å². The zero-order valence-corrected chi connectivity index (χ0v) is 15.8. The van der Waals surface area contributed by atoms with Gasteiger partial charge in [-0.05, 0) is 44.0 Å². The van der Waals surface area contributed by atoms with Crippen molar-refractivity contribution >= 4 is 11.6 Å². The lowest BCUT2D eigenvalue weighted by Gasteiger charge is -2.17. The molecule has 0 N–H and O–H groups in total. The molecule has 1 saturated carbocycles. The molecule has 0 saturated heterocycles. The van der Waals surface area contributed by atoms with Crippen LogP contribution in [0.5, 0.6) is 11.5 Å². The van der Waals surface area contributed by atoms with Gasteiger partial charge in [-0.2, -0.15) is 0 Å².